The molecule has 16 heteroatoms. The van der Waals surface area contributed by atoms with E-state index in [1.807, 2.05) is 0 Å². The molecule has 1 spiro atoms. The Morgan fingerprint density at radius 3 is 1.31 bits per heavy atom. The van der Waals surface area contributed by atoms with E-state index >= 15 is 0 Å². The van der Waals surface area contributed by atoms with Gasteiger partial charge < -0.3 is 61.6 Å². The molecule has 0 aromatic carbocycles. The van der Waals surface area contributed by atoms with Gasteiger partial charge in [0, 0.05) is 11.3 Å². The van der Waals surface area contributed by atoms with Gasteiger partial charge in [0.25, 0.3) is 0 Å². The van der Waals surface area contributed by atoms with Crippen molar-refractivity contribution >= 4 is 17.9 Å². The van der Waals surface area contributed by atoms with E-state index in [1.165, 1.54) is 44.9 Å². The van der Waals surface area contributed by atoms with Crippen molar-refractivity contribution in [3.8, 4) is 0 Å². The maximum absolute atomic E-state index is 12.0. The lowest BCUT2D eigenvalue weighted by Gasteiger charge is -2.43. The molecule has 16 fully saturated rings. The van der Waals surface area contributed by atoms with Gasteiger partial charge in [0.15, 0.2) is 6.29 Å². The van der Waals surface area contributed by atoms with Crippen LogP contribution in [0.1, 0.15) is 141 Å². The molecule has 0 amide bonds. The lowest BCUT2D eigenvalue weighted by Crippen LogP contribution is -2.47. The van der Waals surface area contributed by atoms with Crippen LogP contribution in [-0.4, -0.2) is 155 Å². The average molecular weight is 983 g/mol. The number of hydrogen-bond donors (Lipinski definition) is 0. The van der Waals surface area contributed by atoms with Gasteiger partial charge in [0.1, 0.15) is 6.42 Å². The van der Waals surface area contributed by atoms with Crippen molar-refractivity contribution in [2.75, 3.05) is 39.6 Å². The first-order chi connectivity index (χ1) is 34.2. The Bertz CT molecular complexity index is 1830. The van der Waals surface area contributed by atoms with Crippen LogP contribution in [0.2, 0.25) is 0 Å². The van der Waals surface area contributed by atoms with E-state index in [0.29, 0.717) is 135 Å². The molecule has 390 valence electrons. The molecule has 16 rings (SSSR count). The maximum Gasteiger partial charge on any atom is 0.317 e. The number of carbonyl (C=O) groups is 3. The molecule has 21 atom stereocenters. The first-order valence-corrected chi connectivity index (χ1v) is 28.1. The Hall–Kier alpha value is -1.99. The average Bonchev–Trinajstić information content (AvgIpc) is 4.17. The van der Waals surface area contributed by atoms with Crippen molar-refractivity contribution in [1.82, 2.24) is 0 Å². The van der Waals surface area contributed by atoms with Gasteiger partial charge >= 0.3 is 17.9 Å². The third-order valence-electron chi connectivity index (χ3n) is 19.1. The third kappa shape index (κ3) is 12.2. The van der Waals surface area contributed by atoms with Crippen LogP contribution in [0, 0.1) is 40.9 Å². The smallest absolute Gasteiger partial charge is 0.317 e. The summed E-state index contributed by atoms with van der Waals surface area (Å²) in [5.41, 5.74) is 0.251. The summed E-state index contributed by atoms with van der Waals surface area (Å²) in [5, 5.41) is 0. The van der Waals surface area contributed by atoms with Crippen molar-refractivity contribution in [1.29, 1.82) is 0 Å². The van der Waals surface area contributed by atoms with E-state index in [-0.39, 0.29) is 30.0 Å². The zero-order chi connectivity index (χ0) is 46.9. The number of fused-ring (bicyclic) bond motifs is 7. The summed E-state index contributed by atoms with van der Waals surface area (Å²) in [6.45, 7) is 4.13. The van der Waals surface area contributed by atoms with Gasteiger partial charge in [-0.05, 0) is 159 Å². The van der Waals surface area contributed by atoms with Crippen LogP contribution >= 0.6 is 0 Å². The van der Waals surface area contributed by atoms with Gasteiger partial charge in [-0.3, -0.25) is 14.4 Å². The van der Waals surface area contributed by atoms with E-state index < -0.39 is 11.9 Å². The van der Waals surface area contributed by atoms with Crippen LogP contribution < -0.4 is 0 Å². The monoisotopic (exact) mass is 983 g/mol. The highest BCUT2D eigenvalue weighted by Crippen LogP contribution is 2.50. The standard InChI is InChI=1S/C17H24O6.C15H22O4.C14H20O4.C8H12O2/c18-16(20-8-10-1-3-12-14(5-10)22-12)7-17(19)21-9-11-2-4-13-15(6-11)23-13;1-2-10-12(18-10)5-9(1)14-16-7-15(8-17-14)4-3-11-13(6-15)19-11;15-14(9-2-4-11-13(6-9)18-11)16-7-8-1-3-10-12(5-8)17-10;1-2-6-7(10-6)3-5(1)8-4-9-8/h10-15H,1-9H2;9-14H,1-8H2;8-13H,1-7H2;5-8H,1-4H2. The van der Waals surface area contributed by atoms with E-state index in [4.69, 9.17) is 61.6 Å². The van der Waals surface area contributed by atoms with E-state index in [1.54, 1.807) is 0 Å². The molecular formula is C54H78O16. The summed E-state index contributed by atoms with van der Waals surface area (Å²) in [4.78, 5) is 35.4. The van der Waals surface area contributed by atoms with Crippen molar-refractivity contribution < 1.29 is 76.0 Å². The van der Waals surface area contributed by atoms with Crippen molar-refractivity contribution in [2.24, 2.45) is 40.9 Å². The highest BCUT2D eigenvalue weighted by molar-refractivity contribution is 5.91. The normalized spacial score (nSPS) is 50.2. The molecule has 7 aliphatic carbocycles. The predicted molar refractivity (Wildman–Crippen MR) is 244 cm³/mol. The number of carbonyl (C=O) groups excluding carboxylic acids is 3. The summed E-state index contributed by atoms with van der Waals surface area (Å²) in [7, 11) is 0. The minimum Gasteiger partial charge on any atom is -0.465 e. The Labute approximate surface area is 412 Å². The minimum atomic E-state index is -0.483. The fourth-order valence-corrected chi connectivity index (χ4v) is 14.0. The van der Waals surface area contributed by atoms with Gasteiger partial charge in [-0.1, -0.05) is 0 Å². The van der Waals surface area contributed by atoms with Crippen LogP contribution in [0.25, 0.3) is 0 Å². The Kier molecular flexibility index (Phi) is 13.8. The van der Waals surface area contributed by atoms with Crippen LogP contribution in [0.5, 0.6) is 0 Å². The molecule has 9 saturated heterocycles. The molecule has 70 heavy (non-hydrogen) atoms. The minimum absolute atomic E-state index is 0.00258. The molecular weight excluding hydrogens is 905 g/mol. The first-order valence-electron chi connectivity index (χ1n) is 28.1. The van der Waals surface area contributed by atoms with Gasteiger partial charge in [-0.15, -0.1) is 0 Å². The maximum atomic E-state index is 12.0. The molecule has 9 aliphatic heterocycles. The third-order valence-corrected chi connectivity index (χ3v) is 19.1. The second kappa shape index (κ2) is 20.3. The van der Waals surface area contributed by atoms with E-state index in [2.05, 4.69) is 0 Å². The topological polar surface area (TPSA) is 198 Å². The Balaban J connectivity index is 0.0000000942. The lowest BCUT2D eigenvalue weighted by molar-refractivity contribution is -0.257. The molecule has 0 aromatic rings. The molecule has 7 saturated carbocycles. The van der Waals surface area contributed by atoms with Gasteiger partial charge in [0.05, 0.1) is 137 Å². The molecule has 0 bridgehead atoms. The summed E-state index contributed by atoms with van der Waals surface area (Å²) in [5.74, 6) is 1.76. The molecule has 9 heterocycles. The zero-order valence-corrected chi connectivity index (χ0v) is 41.0. The second-order valence-corrected chi connectivity index (χ2v) is 24.5. The molecule has 0 aromatic heterocycles. The fraction of sp³-hybridized carbons (Fsp3) is 0.944. The lowest BCUT2D eigenvalue weighted by atomic mass is 9.74. The quantitative estimate of drug-likeness (QED) is 0.0999. The van der Waals surface area contributed by atoms with Crippen molar-refractivity contribution in [3.63, 3.8) is 0 Å². The predicted octanol–water partition coefficient (Wildman–Crippen LogP) is 6.08. The van der Waals surface area contributed by atoms with Crippen molar-refractivity contribution in [2.45, 2.75) is 239 Å². The number of ether oxygens (including phenoxy) is 13. The second-order valence-electron chi connectivity index (χ2n) is 24.5. The molecule has 16 nitrogen and oxygen atoms in total. The summed E-state index contributed by atoms with van der Waals surface area (Å²) >= 11 is 0. The fourth-order valence-electron chi connectivity index (χ4n) is 14.0. The summed E-state index contributed by atoms with van der Waals surface area (Å²) in [6.07, 6.45) is 30.6. The molecule has 21 unspecified atom stereocenters. The van der Waals surface area contributed by atoms with Crippen LogP contribution in [0.3, 0.4) is 0 Å². The van der Waals surface area contributed by atoms with Gasteiger partial charge in [-0.25, -0.2) is 0 Å². The largest absolute Gasteiger partial charge is 0.465 e. The van der Waals surface area contributed by atoms with E-state index in [0.717, 1.165) is 116 Å². The van der Waals surface area contributed by atoms with Crippen LogP contribution in [-0.2, 0) is 76.0 Å². The number of hydrogen-bond acceptors (Lipinski definition) is 16. The van der Waals surface area contributed by atoms with Crippen molar-refractivity contribution in [3.05, 3.63) is 0 Å². The molecule has 0 radical (unpaired) electrons. The Morgan fingerprint density at radius 2 is 0.829 bits per heavy atom. The highest BCUT2D eigenvalue weighted by atomic mass is 16.7. The van der Waals surface area contributed by atoms with E-state index in [9.17, 15) is 14.4 Å². The summed E-state index contributed by atoms with van der Waals surface area (Å²) in [6, 6.07) is 0. The number of esters is 3. The van der Waals surface area contributed by atoms with Crippen LogP contribution in [0.15, 0.2) is 0 Å². The number of rotatable bonds is 11. The molecule has 0 N–H and O–H groups in total. The zero-order valence-electron chi connectivity index (χ0n) is 41.0. The SMILES string of the molecule is C1CC2OC2CC1C1CO1.C1CC2OC2CC1C1OCC2(CCC3OC3C2)CO1.O=C(CC(=O)OCC1CCC2OC2C1)OCC1CCC2OC2C1.O=C(OCC1CCC2OC2C1)C1CCC2OC2C1. The molecule has 16 aliphatic rings. The highest BCUT2D eigenvalue weighted by Gasteiger charge is 2.55. The van der Waals surface area contributed by atoms with Gasteiger partial charge in [-0.2, -0.15) is 0 Å². The number of epoxide rings is 8. The summed E-state index contributed by atoms with van der Waals surface area (Å²) < 4.78 is 71.9. The first kappa shape index (κ1) is 47.7. The van der Waals surface area contributed by atoms with Crippen LogP contribution in [0.4, 0.5) is 0 Å². The Morgan fingerprint density at radius 1 is 0.400 bits per heavy atom. The van der Waals surface area contributed by atoms with Gasteiger partial charge in [0.2, 0.25) is 0 Å².